The Bertz CT molecular complexity index is 389. The van der Waals surface area contributed by atoms with Crippen LogP contribution in [0.2, 0.25) is 0 Å². The zero-order valence-corrected chi connectivity index (χ0v) is 8.21. The number of hydrogen-bond donors (Lipinski definition) is 0. The van der Waals surface area contributed by atoms with Gasteiger partial charge in [0.1, 0.15) is 5.69 Å². The molecule has 0 saturated carbocycles. The van der Waals surface area contributed by atoms with Crippen molar-refractivity contribution in [1.82, 2.24) is 4.98 Å². The Kier molecular flexibility index (Phi) is 3.67. The van der Waals surface area contributed by atoms with E-state index in [0.717, 1.165) is 0 Å². The lowest BCUT2D eigenvalue weighted by Crippen LogP contribution is -2.13. The molecule has 0 aromatic carbocycles. The summed E-state index contributed by atoms with van der Waals surface area (Å²) < 4.78 is 74.3. The van der Waals surface area contributed by atoms with Crippen LogP contribution in [-0.4, -0.2) is 4.98 Å². The molecule has 0 aliphatic rings. The second kappa shape index (κ2) is 4.48. The Labute approximate surface area is 91.0 Å². The first-order valence-electron chi connectivity index (χ1n) is 3.88. The molecule has 1 aromatic heterocycles. The average molecular weight is 264 g/mol. The summed E-state index contributed by atoms with van der Waals surface area (Å²) in [4.78, 5) is 2.59. The highest BCUT2D eigenvalue weighted by atomic mass is 35.5. The number of rotatable bonds is 2. The molecule has 1 aromatic rings. The van der Waals surface area contributed by atoms with E-state index in [1.54, 1.807) is 0 Å². The van der Waals surface area contributed by atoms with Crippen molar-refractivity contribution in [2.45, 2.75) is 18.5 Å². The fourth-order valence-electron chi connectivity index (χ4n) is 1.03. The van der Waals surface area contributed by atoms with Crippen molar-refractivity contribution >= 4 is 11.6 Å². The minimum absolute atomic E-state index is 0.247. The van der Waals surface area contributed by atoms with Gasteiger partial charge in [-0.2, -0.15) is 17.6 Å². The maximum absolute atomic E-state index is 12.9. The van der Waals surface area contributed by atoms with E-state index in [9.17, 15) is 26.3 Å². The Hall–Kier alpha value is -0.980. The van der Waals surface area contributed by atoms with E-state index < -0.39 is 41.3 Å². The summed E-state index contributed by atoms with van der Waals surface area (Å²) in [5, 5.41) is 0. The molecule has 0 saturated heterocycles. The van der Waals surface area contributed by atoms with E-state index in [-0.39, 0.29) is 6.07 Å². The maximum atomic E-state index is 12.9. The van der Waals surface area contributed by atoms with Crippen molar-refractivity contribution in [3.05, 3.63) is 28.8 Å². The Morgan fingerprint density at radius 2 is 1.88 bits per heavy atom. The Morgan fingerprint density at radius 3 is 2.25 bits per heavy atom. The highest BCUT2D eigenvalue weighted by Gasteiger charge is 2.37. The van der Waals surface area contributed by atoms with Crippen molar-refractivity contribution in [3.63, 3.8) is 0 Å². The number of hydrogen-bond acceptors (Lipinski definition) is 1. The number of halogens is 7. The first-order chi connectivity index (χ1) is 7.27. The zero-order valence-electron chi connectivity index (χ0n) is 7.45. The topological polar surface area (TPSA) is 12.9 Å². The van der Waals surface area contributed by atoms with E-state index in [1.807, 2.05) is 0 Å². The molecule has 0 amide bonds. The normalized spacial score (nSPS) is 12.2. The van der Waals surface area contributed by atoms with Crippen LogP contribution in [0.4, 0.5) is 26.3 Å². The molecule has 1 heterocycles. The lowest BCUT2D eigenvalue weighted by molar-refractivity contribution is -0.140. The smallest absolute Gasteiger partial charge is 0.218 e. The van der Waals surface area contributed by atoms with Gasteiger partial charge in [0, 0.05) is 5.56 Å². The minimum Gasteiger partial charge on any atom is -0.218 e. The highest BCUT2D eigenvalue weighted by molar-refractivity contribution is 6.17. The van der Waals surface area contributed by atoms with Gasteiger partial charge in [0.05, 0.1) is 11.4 Å². The van der Waals surface area contributed by atoms with Crippen LogP contribution >= 0.6 is 11.6 Å². The number of nitrogens with zero attached hydrogens (tertiary/aromatic N) is 1. The molecular weight excluding hydrogens is 260 g/mol. The van der Waals surface area contributed by atoms with Gasteiger partial charge < -0.3 is 0 Å². The quantitative estimate of drug-likeness (QED) is 0.448. The van der Waals surface area contributed by atoms with Crippen molar-refractivity contribution in [1.29, 1.82) is 0 Å². The van der Waals surface area contributed by atoms with Crippen molar-refractivity contribution < 1.29 is 26.3 Å². The monoisotopic (exact) mass is 263 g/mol. The molecule has 1 nitrogen and oxygen atoms in total. The van der Waals surface area contributed by atoms with Crippen LogP contribution in [0.15, 0.2) is 6.07 Å². The average Bonchev–Trinajstić information content (AvgIpc) is 2.15. The number of alkyl halides is 6. The first kappa shape index (κ1) is 13.1. The Balaban J connectivity index is 3.43. The molecule has 0 bridgehead atoms. The second-order valence-corrected chi connectivity index (χ2v) is 3.07. The zero-order chi connectivity index (χ0) is 12.5. The van der Waals surface area contributed by atoms with Crippen molar-refractivity contribution in [3.8, 4) is 0 Å². The fourth-order valence-corrected chi connectivity index (χ4v) is 1.22. The van der Waals surface area contributed by atoms with E-state index in [1.165, 1.54) is 0 Å². The molecule has 0 aliphatic heterocycles. The summed E-state index contributed by atoms with van der Waals surface area (Å²) in [5.41, 5.74) is -3.86. The van der Waals surface area contributed by atoms with E-state index in [0.29, 0.717) is 0 Å². The first-order valence-corrected chi connectivity index (χ1v) is 4.41. The standard InChI is InChI=1S/C8H4ClF6N/c9-2-3-1-4(8(13,14)15)5(6(10)11)16-7(3)12/h1,6H,2H2. The van der Waals surface area contributed by atoms with Crippen LogP contribution in [-0.2, 0) is 12.1 Å². The van der Waals surface area contributed by atoms with Gasteiger partial charge in [-0.25, -0.2) is 13.8 Å². The molecule has 0 unspecified atom stereocenters. The summed E-state index contributed by atoms with van der Waals surface area (Å²) in [6.45, 7) is 0. The summed E-state index contributed by atoms with van der Waals surface area (Å²) in [7, 11) is 0. The molecule has 1 rings (SSSR count). The van der Waals surface area contributed by atoms with Crippen LogP contribution in [0.3, 0.4) is 0 Å². The molecule has 0 fully saturated rings. The molecule has 0 N–H and O–H groups in total. The maximum Gasteiger partial charge on any atom is 0.418 e. The van der Waals surface area contributed by atoms with Crippen LogP contribution in [0.5, 0.6) is 0 Å². The van der Waals surface area contributed by atoms with E-state index in [2.05, 4.69) is 4.98 Å². The minimum atomic E-state index is -5.02. The lowest BCUT2D eigenvalue weighted by Gasteiger charge is -2.12. The molecule has 0 radical (unpaired) electrons. The van der Waals surface area contributed by atoms with Gasteiger partial charge in [-0.15, -0.1) is 11.6 Å². The third kappa shape index (κ3) is 2.58. The lowest BCUT2D eigenvalue weighted by atomic mass is 10.1. The van der Waals surface area contributed by atoms with Crippen LogP contribution in [0.25, 0.3) is 0 Å². The van der Waals surface area contributed by atoms with Gasteiger partial charge >= 0.3 is 6.18 Å². The predicted molar refractivity (Wildman–Crippen MR) is 43.7 cm³/mol. The van der Waals surface area contributed by atoms with Gasteiger partial charge in [-0.05, 0) is 6.07 Å². The van der Waals surface area contributed by atoms with Crippen LogP contribution < -0.4 is 0 Å². The van der Waals surface area contributed by atoms with Gasteiger partial charge in [-0.3, -0.25) is 0 Å². The largest absolute Gasteiger partial charge is 0.418 e. The molecule has 8 heteroatoms. The van der Waals surface area contributed by atoms with Crippen molar-refractivity contribution in [2.75, 3.05) is 0 Å². The van der Waals surface area contributed by atoms with Crippen LogP contribution in [0, 0.1) is 5.95 Å². The molecule has 16 heavy (non-hydrogen) atoms. The summed E-state index contributed by atoms with van der Waals surface area (Å²) in [6, 6.07) is 0.247. The number of pyridine rings is 1. The SMILES string of the molecule is Fc1nc(C(F)F)c(C(F)(F)F)cc1CCl. The number of aromatic nitrogens is 1. The third-order valence-electron chi connectivity index (χ3n) is 1.73. The van der Waals surface area contributed by atoms with Gasteiger partial charge in [-0.1, -0.05) is 0 Å². The van der Waals surface area contributed by atoms with Gasteiger partial charge in [0.2, 0.25) is 5.95 Å². The highest BCUT2D eigenvalue weighted by Crippen LogP contribution is 2.36. The second-order valence-electron chi connectivity index (χ2n) is 2.80. The third-order valence-corrected chi connectivity index (χ3v) is 2.02. The summed E-state index contributed by atoms with van der Waals surface area (Å²) in [5.74, 6) is -2.00. The van der Waals surface area contributed by atoms with Gasteiger partial charge in [0.15, 0.2) is 0 Å². The summed E-state index contributed by atoms with van der Waals surface area (Å²) >= 11 is 5.15. The summed E-state index contributed by atoms with van der Waals surface area (Å²) in [6.07, 6.45) is -8.52. The predicted octanol–water partition coefficient (Wildman–Crippen LogP) is 3.92. The molecule has 0 atom stereocenters. The molecular formula is C8H4ClF6N. The fraction of sp³-hybridized carbons (Fsp3) is 0.375. The van der Waals surface area contributed by atoms with E-state index in [4.69, 9.17) is 11.6 Å². The Morgan fingerprint density at radius 1 is 1.31 bits per heavy atom. The van der Waals surface area contributed by atoms with Crippen molar-refractivity contribution in [2.24, 2.45) is 0 Å². The molecule has 90 valence electrons. The molecule has 0 spiro atoms. The van der Waals surface area contributed by atoms with Crippen LogP contribution in [0.1, 0.15) is 23.2 Å². The molecule has 0 aliphatic carbocycles. The van der Waals surface area contributed by atoms with Gasteiger partial charge in [0.25, 0.3) is 6.43 Å². The van der Waals surface area contributed by atoms with E-state index >= 15 is 0 Å².